The van der Waals surface area contributed by atoms with Crippen molar-refractivity contribution in [3.8, 4) is 0 Å². The molecule has 1 unspecified atom stereocenters. The molecule has 0 spiro atoms. The molecule has 2 rings (SSSR count). The van der Waals surface area contributed by atoms with Crippen molar-refractivity contribution in [3.05, 3.63) is 29.3 Å². The van der Waals surface area contributed by atoms with Crippen molar-refractivity contribution in [2.45, 2.75) is 26.3 Å². The fourth-order valence-corrected chi connectivity index (χ4v) is 2.02. The summed E-state index contributed by atoms with van der Waals surface area (Å²) in [5, 5.41) is 5.70. The number of hydrogen-bond acceptors (Lipinski definition) is 3. The molecule has 5 nitrogen and oxygen atoms in total. The Labute approximate surface area is 112 Å². The maximum atomic E-state index is 11.6. The van der Waals surface area contributed by atoms with E-state index in [0.29, 0.717) is 19.5 Å². The predicted octanol–water partition coefficient (Wildman–Crippen LogP) is 0.782. The summed E-state index contributed by atoms with van der Waals surface area (Å²) in [6.45, 7) is 2.64. The number of amides is 2. The highest BCUT2D eigenvalue weighted by Crippen LogP contribution is 2.23. The Bertz CT molecular complexity index is 499. The number of fused-ring (bicyclic) bond motifs is 1. The van der Waals surface area contributed by atoms with Crippen LogP contribution in [0.25, 0.3) is 0 Å². The van der Waals surface area contributed by atoms with Gasteiger partial charge in [-0.1, -0.05) is 19.1 Å². The lowest BCUT2D eigenvalue weighted by Gasteiger charge is -2.18. The van der Waals surface area contributed by atoms with E-state index in [1.807, 2.05) is 18.2 Å². The van der Waals surface area contributed by atoms with E-state index in [2.05, 4.69) is 10.6 Å². The molecule has 1 aromatic carbocycles. The zero-order chi connectivity index (χ0) is 13.8. The molecule has 19 heavy (non-hydrogen) atoms. The summed E-state index contributed by atoms with van der Waals surface area (Å²) >= 11 is 0. The Balaban J connectivity index is 1.99. The number of benzene rings is 1. The molecule has 102 valence electrons. The normalized spacial score (nSPS) is 15.4. The van der Waals surface area contributed by atoms with Gasteiger partial charge in [0.2, 0.25) is 11.8 Å². The lowest BCUT2D eigenvalue weighted by atomic mass is 10.0. The third kappa shape index (κ3) is 3.32. The van der Waals surface area contributed by atoms with Gasteiger partial charge >= 0.3 is 0 Å². The van der Waals surface area contributed by atoms with Gasteiger partial charge in [-0.25, -0.2) is 0 Å². The molecular weight excluding hydrogens is 242 g/mol. The summed E-state index contributed by atoms with van der Waals surface area (Å²) in [6, 6.07) is 5.83. The quantitative estimate of drug-likeness (QED) is 0.749. The van der Waals surface area contributed by atoms with Crippen LogP contribution in [0.4, 0.5) is 5.69 Å². The smallest absolute Gasteiger partial charge is 0.224 e. The number of carbonyl (C=O) groups excluding carboxylic acids is 2. The zero-order valence-corrected chi connectivity index (χ0v) is 11.0. The monoisotopic (exact) mass is 261 g/mol. The first-order valence-corrected chi connectivity index (χ1v) is 6.49. The van der Waals surface area contributed by atoms with Crippen molar-refractivity contribution in [2.24, 2.45) is 11.7 Å². The molecule has 1 atom stereocenters. The lowest BCUT2D eigenvalue weighted by Crippen LogP contribution is -2.32. The molecule has 4 N–H and O–H groups in total. The Morgan fingerprint density at radius 1 is 1.47 bits per heavy atom. The summed E-state index contributed by atoms with van der Waals surface area (Å²) in [5.74, 6) is -0.143. The summed E-state index contributed by atoms with van der Waals surface area (Å²) in [6.07, 6.45) is 1.27. The minimum Gasteiger partial charge on any atom is -0.352 e. The maximum absolute atomic E-state index is 11.6. The van der Waals surface area contributed by atoms with E-state index in [0.717, 1.165) is 23.2 Å². The predicted molar refractivity (Wildman–Crippen MR) is 73.5 cm³/mol. The van der Waals surface area contributed by atoms with Crippen LogP contribution in [0.1, 0.15) is 24.5 Å². The Morgan fingerprint density at radius 2 is 2.26 bits per heavy atom. The Hall–Kier alpha value is -1.88. The summed E-state index contributed by atoms with van der Waals surface area (Å²) in [5.41, 5.74) is 8.48. The minimum atomic E-state index is -0.170. The third-order valence-electron chi connectivity index (χ3n) is 3.33. The molecule has 1 aliphatic rings. The SMILES string of the molecule is CC(CN)C(=O)NCc1ccc2c(c1)CCC(=O)N2. The van der Waals surface area contributed by atoms with Crippen LogP contribution in [0.15, 0.2) is 18.2 Å². The highest BCUT2D eigenvalue weighted by atomic mass is 16.2. The van der Waals surface area contributed by atoms with Crippen molar-refractivity contribution in [1.29, 1.82) is 0 Å². The second kappa shape index (κ2) is 5.84. The topological polar surface area (TPSA) is 84.2 Å². The van der Waals surface area contributed by atoms with Crippen molar-refractivity contribution >= 4 is 17.5 Å². The maximum Gasteiger partial charge on any atom is 0.224 e. The van der Waals surface area contributed by atoms with Gasteiger partial charge in [0.1, 0.15) is 0 Å². The van der Waals surface area contributed by atoms with Gasteiger partial charge in [-0.15, -0.1) is 0 Å². The zero-order valence-electron chi connectivity index (χ0n) is 11.0. The molecular formula is C14H19N3O2. The first-order chi connectivity index (χ1) is 9.10. The van der Waals surface area contributed by atoms with Crippen LogP contribution in [-0.4, -0.2) is 18.4 Å². The van der Waals surface area contributed by atoms with Crippen molar-refractivity contribution in [2.75, 3.05) is 11.9 Å². The summed E-state index contributed by atoms with van der Waals surface area (Å²) in [7, 11) is 0. The highest BCUT2D eigenvalue weighted by Gasteiger charge is 2.15. The van der Waals surface area contributed by atoms with Gasteiger partial charge in [0, 0.05) is 31.1 Å². The number of rotatable bonds is 4. The molecule has 1 aliphatic heterocycles. The number of anilines is 1. The fourth-order valence-electron chi connectivity index (χ4n) is 2.02. The fraction of sp³-hybridized carbons (Fsp3) is 0.429. The van der Waals surface area contributed by atoms with Crippen molar-refractivity contribution < 1.29 is 9.59 Å². The summed E-state index contributed by atoms with van der Waals surface area (Å²) in [4.78, 5) is 22.9. The van der Waals surface area contributed by atoms with Gasteiger partial charge in [-0.05, 0) is 23.6 Å². The van der Waals surface area contributed by atoms with Crippen LogP contribution >= 0.6 is 0 Å². The molecule has 0 aromatic heterocycles. The van der Waals surface area contributed by atoms with E-state index in [1.54, 1.807) is 6.92 Å². The van der Waals surface area contributed by atoms with Crippen molar-refractivity contribution in [1.82, 2.24) is 5.32 Å². The lowest BCUT2D eigenvalue weighted by molar-refractivity contribution is -0.124. The molecule has 0 radical (unpaired) electrons. The number of aryl methyl sites for hydroxylation is 1. The number of nitrogens with one attached hydrogen (secondary N) is 2. The van der Waals surface area contributed by atoms with E-state index in [4.69, 9.17) is 5.73 Å². The highest BCUT2D eigenvalue weighted by molar-refractivity contribution is 5.93. The Morgan fingerprint density at radius 3 is 3.00 bits per heavy atom. The first kappa shape index (κ1) is 13.5. The standard InChI is InChI=1S/C14H19N3O2/c1-9(7-15)14(19)16-8-10-2-4-12-11(6-10)3-5-13(18)17-12/h2,4,6,9H,3,5,7-8,15H2,1H3,(H,16,19)(H,17,18). The largest absolute Gasteiger partial charge is 0.352 e. The second-order valence-electron chi connectivity index (χ2n) is 4.89. The van der Waals surface area contributed by atoms with Crippen LogP contribution in [0.5, 0.6) is 0 Å². The number of nitrogens with two attached hydrogens (primary N) is 1. The Kier molecular flexibility index (Phi) is 4.16. The van der Waals surface area contributed by atoms with Gasteiger partial charge in [0.25, 0.3) is 0 Å². The van der Waals surface area contributed by atoms with E-state index in [-0.39, 0.29) is 17.7 Å². The second-order valence-corrected chi connectivity index (χ2v) is 4.89. The molecule has 0 fully saturated rings. The molecule has 2 amide bonds. The van der Waals surface area contributed by atoms with Crippen molar-refractivity contribution in [3.63, 3.8) is 0 Å². The molecule has 1 aromatic rings. The first-order valence-electron chi connectivity index (χ1n) is 6.49. The van der Waals surface area contributed by atoms with Crippen LogP contribution in [0.3, 0.4) is 0 Å². The molecule has 0 bridgehead atoms. The van der Waals surface area contributed by atoms with Gasteiger partial charge in [0.15, 0.2) is 0 Å². The van der Waals surface area contributed by atoms with Crippen LogP contribution in [0, 0.1) is 5.92 Å². The average Bonchev–Trinajstić information content (AvgIpc) is 2.43. The number of carbonyl (C=O) groups is 2. The van der Waals surface area contributed by atoms with E-state index in [1.165, 1.54) is 0 Å². The third-order valence-corrected chi connectivity index (χ3v) is 3.33. The van der Waals surface area contributed by atoms with Gasteiger partial charge < -0.3 is 16.4 Å². The van der Waals surface area contributed by atoms with Gasteiger partial charge in [-0.3, -0.25) is 9.59 Å². The van der Waals surface area contributed by atoms with Gasteiger partial charge in [0.05, 0.1) is 0 Å². The van der Waals surface area contributed by atoms with E-state index < -0.39 is 0 Å². The molecule has 0 aliphatic carbocycles. The van der Waals surface area contributed by atoms with Crippen LogP contribution < -0.4 is 16.4 Å². The molecule has 0 saturated carbocycles. The van der Waals surface area contributed by atoms with E-state index in [9.17, 15) is 9.59 Å². The average molecular weight is 261 g/mol. The van der Waals surface area contributed by atoms with Crippen LogP contribution in [0.2, 0.25) is 0 Å². The number of hydrogen-bond donors (Lipinski definition) is 3. The van der Waals surface area contributed by atoms with Crippen LogP contribution in [-0.2, 0) is 22.6 Å². The van der Waals surface area contributed by atoms with Gasteiger partial charge in [-0.2, -0.15) is 0 Å². The van der Waals surface area contributed by atoms with E-state index >= 15 is 0 Å². The molecule has 0 saturated heterocycles. The summed E-state index contributed by atoms with van der Waals surface area (Å²) < 4.78 is 0. The minimum absolute atomic E-state index is 0.0338. The molecule has 5 heteroatoms. The molecule has 1 heterocycles.